The van der Waals surface area contributed by atoms with E-state index in [1.807, 2.05) is 20.0 Å². The first-order valence-electron chi connectivity index (χ1n) is 6.19. The number of aromatic nitrogens is 2. The second-order valence-corrected chi connectivity index (χ2v) is 5.56. The van der Waals surface area contributed by atoms with Crippen LogP contribution in [-0.2, 0) is 0 Å². The topological polar surface area (TPSA) is 38.2 Å². The molecule has 0 aliphatic carbocycles. The van der Waals surface area contributed by atoms with Gasteiger partial charge in [0.1, 0.15) is 0 Å². The van der Waals surface area contributed by atoms with E-state index in [1.54, 1.807) is 0 Å². The van der Waals surface area contributed by atoms with Gasteiger partial charge in [-0.15, -0.1) is 0 Å². The highest BCUT2D eigenvalue weighted by Gasteiger charge is 2.24. The van der Waals surface area contributed by atoms with Crippen molar-refractivity contribution in [3.05, 3.63) is 11.8 Å². The summed E-state index contributed by atoms with van der Waals surface area (Å²) in [5.74, 6) is 1.35. The number of alkyl halides is 1. The van der Waals surface area contributed by atoms with E-state index in [1.165, 1.54) is 0 Å². The fourth-order valence-corrected chi connectivity index (χ4v) is 1.69. The number of rotatable bonds is 6. The average Bonchev–Trinajstić information content (AvgIpc) is 2.34. The molecule has 0 fully saturated rings. The minimum Gasteiger partial charge on any atom is -0.478 e. The van der Waals surface area contributed by atoms with Gasteiger partial charge in [0.05, 0.1) is 6.61 Å². The number of hydrogen-bond donors (Lipinski definition) is 0. The summed E-state index contributed by atoms with van der Waals surface area (Å²) in [5.41, 5.74) is 0.874. The van der Waals surface area contributed by atoms with E-state index in [-0.39, 0.29) is 5.54 Å². The minimum absolute atomic E-state index is 0.0458. The lowest BCUT2D eigenvalue weighted by Gasteiger charge is -2.34. The van der Waals surface area contributed by atoms with Crippen LogP contribution in [0.25, 0.3) is 0 Å². The number of halogens is 1. The highest BCUT2D eigenvalue weighted by atomic mass is 79.9. The van der Waals surface area contributed by atoms with E-state index in [2.05, 4.69) is 51.6 Å². The third kappa shape index (κ3) is 3.83. The Labute approximate surface area is 118 Å². The van der Waals surface area contributed by atoms with Crippen LogP contribution in [0.4, 0.5) is 5.95 Å². The molecule has 1 aromatic rings. The number of ether oxygens (including phenoxy) is 1. The average molecular weight is 316 g/mol. The molecular weight excluding hydrogens is 294 g/mol. The molecule has 0 amide bonds. The van der Waals surface area contributed by atoms with Crippen LogP contribution in [0.3, 0.4) is 0 Å². The third-order valence-corrected chi connectivity index (χ3v) is 4.18. The second-order valence-electron chi connectivity index (χ2n) is 5.00. The van der Waals surface area contributed by atoms with Gasteiger partial charge in [0.15, 0.2) is 0 Å². The quantitative estimate of drug-likeness (QED) is 0.756. The smallest absolute Gasteiger partial charge is 0.229 e. The van der Waals surface area contributed by atoms with Crippen LogP contribution >= 0.6 is 15.9 Å². The molecule has 0 saturated carbocycles. The highest BCUT2D eigenvalue weighted by molar-refractivity contribution is 9.09. The van der Waals surface area contributed by atoms with Crippen LogP contribution in [0.2, 0.25) is 0 Å². The molecule has 0 saturated heterocycles. The zero-order valence-electron chi connectivity index (χ0n) is 11.8. The molecule has 0 aliphatic heterocycles. The van der Waals surface area contributed by atoms with Crippen LogP contribution in [0.15, 0.2) is 6.07 Å². The largest absolute Gasteiger partial charge is 0.478 e. The SMILES string of the molecule is CCCOc1cc(C)nc(N(C)C(C)(C)CBr)n1. The van der Waals surface area contributed by atoms with E-state index < -0.39 is 0 Å². The lowest BCUT2D eigenvalue weighted by Crippen LogP contribution is -2.43. The number of nitrogens with zero attached hydrogens (tertiary/aromatic N) is 3. The van der Waals surface area contributed by atoms with Gasteiger partial charge in [-0.25, -0.2) is 4.98 Å². The summed E-state index contributed by atoms with van der Waals surface area (Å²) in [4.78, 5) is 11.0. The molecule has 5 heteroatoms. The van der Waals surface area contributed by atoms with Gasteiger partial charge in [-0.1, -0.05) is 22.9 Å². The van der Waals surface area contributed by atoms with Crippen LogP contribution in [0.5, 0.6) is 5.88 Å². The molecular formula is C13H22BrN3O. The van der Waals surface area contributed by atoms with Crippen molar-refractivity contribution in [1.82, 2.24) is 9.97 Å². The van der Waals surface area contributed by atoms with Gasteiger partial charge in [-0.2, -0.15) is 4.98 Å². The highest BCUT2D eigenvalue weighted by Crippen LogP contribution is 2.23. The van der Waals surface area contributed by atoms with E-state index in [0.717, 1.165) is 17.4 Å². The third-order valence-electron chi connectivity index (χ3n) is 2.81. The summed E-state index contributed by atoms with van der Waals surface area (Å²) in [7, 11) is 2.00. The summed E-state index contributed by atoms with van der Waals surface area (Å²) in [6.45, 7) is 9.00. The summed E-state index contributed by atoms with van der Waals surface area (Å²) in [6, 6.07) is 1.87. The summed E-state index contributed by atoms with van der Waals surface area (Å²) < 4.78 is 5.58. The van der Waals surface area contributed by atoms with Crippen molar-refractivity contribution in [1.29, 1.82) is 0 Å². The maximum Gasteiger partial charge on any atom is 0.229 e. The lowest BCUT2D eigenvalue weighted by molar-refractivity contribution is 0.304. The maximum absolute atomic E-state index is 5.58. The Kier molecular flexibility index (Phi) is 5.38. The fraction of sp³-hybridized carbons (Fsp3) is 0.692. The summed E-state index contributed by atoms with van der Waals surface area (Å²) in [5, 5.41) is 0.846. The van der Waals surface area contributed by atoms with Crippen molar-refractivity contribution in [2.75, 3.05) is 23.9 Å². The Bertz CT molecular complexity index is 396. The zero-order chi connectivity index (χ0) is 13.8. The van der Waals surface area contributed by atoms with Gasteiger partial charge in [-0.3, -0.25) is 0 Å². The Morgan fingerprint density at radius 2 is 2.06 bits per heavy atom. The van der Waals surface area contributed by atoms with Crippen LogP contribution in [0, 0.1) is 6.92 Å². The molecule has 4 nitrogen and oxygen atoms in total. The van der Waals surface area contributed by atoms with Gasteiger partial charge in [0, 0.05) is 29.7 Å². The first-order valence-corrected chi connectivity index (χ1v) is 7.31. The normalized spacial score (nSPS) is 11.4. The summed E-state index contributed by atoms with van der Waals surface area (Å²) >= 11 is 3.52. The standard InChI is InChI=1S/C13H22BrN3O/c1-6-7-18-11-8-10(2)15-12(16-11)17(5)13(3,4)9-14/h8H,6-7,9H2,1-5H3. The van der Waals surface area contributed by atoms with Crippen molar-refractivity contribution in [3.8, 4) is 5.88 Å². The predicted molar refractivity (Wildman–Crippen MR) is 78.8 cm³/mol. The Morgan fingerprint density at radius 3 is 2.61 bits per heavy atom. The van der Waals surface area contributed by atoms with E-state index in [9.17, 15) is 0 Å². The van der Waals surface area contributed by atoms with Crippen molar-refractivity contribution in [2.24, 2.45) is 0 Å². The Balaban J connectivity index is 2.98. The van der Waals surface area contributed by atoms with Gasteiger partial charge in [0.25, 0.3) is 0 Å². The van der Waals surface area contributed by atoms with Gasteiger partial charge >= 0.3 is 0 Å². The first-order chi connectivity index (χ1) is 8.40. The van der Waals surface area contributed by atoms with Crippen molar-refractivity contribution >= 4 is 21.9 Å². The molecule has 1 rings (SSSR count). The molecule has 0 aliphatic rings. The lowest BCUT2D eigenvalue weighted by atomic mass is 10.1. The number of aryl methyl sites for hydroxylation is 1. The van der Waals surface area contributed by atoms with Gasteiger partial charge in [-0.05, 0) is 27.2 Å². The Morgan fingerprint density at radius 1 is 1.39 bits per heavy atom. The molecule has 0 bridgehead atoms. The van der Waals surface area contributed by atoms with Crippen LogP contribution in [-0.4, -0.2) is 34.5 Å². The molecule has 1 aromatic heterocycles. The monoisotopic (exact) mass is 315 g/mol. The van der Waals surface area contributed by atoms with Crippen molar-refractivity contribution < 1.29 is 4.74 Å². The maximum atomic E-state index is 5.58. The molecule has 1 heterocycles. The summed E-state index contributed by atoms with van der Waals surface area (Å²) in [6.07, 6.45) is 0.973. The second kappa shape index (κ2) is 6.36. The molecule has 0 spiro atoms. The molecule has 102 valence electrons. The molecule has 0 aromatic carbocycles. The first kappa shape index (κ1) is 15.2. The van der Waals surface area contributed by atoms with E-state index >= 15 is 0 Å². The number of anilines is 1. The number of hydrogen-bond acceptors (Lipinski definition) is 4. The molecule has 0 unspecified atom stereocenters. The van der Waals surface area contributed by atoms with Crippen molar-refractivity contribution in [2.45, 2.75) is 39.7 Å². The predicted octanol–water partition coefficient (Wildman–Crippen LogP) is 3.18. The molecule has 18 heavy (non-hydrogen) atoms. The molecule has 0 N–H and O–H groups in total. The van der Waals surface area contributed by atoms with Crippen LogP contribution in [0.1, 0.15) is 32.9 Å². The van der Waals surface area contributed by atoms with Gasteiger partial charge in [0.2, 0.25) is 11.8 Å². The van der Waals surface area contributed by atoms with Crippen LogP contribution < -0.4 is 9.64 Å². The molecule has 0 atom stereocenters. The van der Waals surface area contributed by atoms with E-state index in [4.69, 9.17) is 4.74 Å². The minimum atomic E-state index is -0.0458. The van der Waals surface area contributed by atoms with Crippen molar-refractivity contribution in [3.63, 3.8) is 0 Å². The Hall–Kier alpha value is -0.840. The zero-order valence-corrected chi connectivity index (χ0v) is 13.4. The van der Waals surface area contributed by atoms with E-state index in [0.29, 0.717) is 18.4 Å². The fourth-order valence-electron chi connectivity index (χ4n) is 1.32. The molecule has 0 radical (unpaired) electrons. The van der Waals surface area contributed by atoms with Gasteiger partial charge < -0.3 is 9.64 Å².